The van der Waals surface area contributed by atoms with Gasteiger partial charge in [0.25, 0.3) is 5.91 Å². The average Bonchev–Trinajstić information content (AvgIpc) is 2.56. The van der Waals surface area contributed by atoms with Gasteiger partial charge in [-0.05, 0) is 48.9 Å². The van der Waals surface area contributed by atoms with E-state index in [4.69, 9.17) is 4.74 Å². The fraction of sp³-hybridized carbons (Fsp3) is 0.176. The number of hydrogen-bond donors (Lipinski definition) is 3. The van der Waals surface area contributed by atoms with Gasteiger partial charge in [-0.2, -0.15) is 0 Å². The topological polar surface area (TPSA) is 79.5 Å². The van der Waals surface area contributed by atoms with Crippen LogP contribution >= 0.6 is 0 Å². The number of amides is 3. The summed E-state index contributed by atoms with van der Waals surface area (Å²) >= 11 is 0. The largest absolute Gasteiger partial charge is 0.496 e. The Bertz CT molecular complexity index is 712. The van der Waals surface area contributed by atoms with E-state index in [-0.39, 0.29) is 11.9 Å². The number of nitrogens with one attached hydrogen (secondary N) is 3. The maximum Gasteiger partial charge on any atom is 0.318 e. The van der Waals surface area contributed by atoms with Crippen LogP contribution in [0, 0.1) is 6.92 Å². The van der Waals surface area contributed by atoms with Crippen molar-refractivity contribution < 1.29 is 14.3 Å². The summed E-state index contributed by atoms with van der Waals surface area (Å²) in [7, 11) is 3.11. The Morgan fingerprint density at radius 3 is 2.13 bits per heavy atom. The third-order valence-electron chi connectivity index (χ3n) is 3.30. The minimum Gasteiger partial charge on any atom is -0.496 e. The van der Waals surface area contributed by atoms with Crippen molar-refractivity contribution in [1.29, 1.82) is 0 Å². The van der Waals surface area contributed by atoms with Gasteiger partial charge in [0.2, 0.25) is 0 Å². The summed E-state index contributed by atoms with van der Waals surface area (Å²) in [5.41, 5.74) is 2.75. The van der Waals surface area contributed by atoms with Crippen LogP contribution in [0.15, 0.2) is 42.5 Å². The van der Waals surface area contributed by atoms with Crippen molar-refractivity contribution >= 4 is 23.3 Å². The summed E-state index contributed by atoms with van der Waals surface area (Å²) in [5.74, 6) is 0.443. The lowest BCUT2D eigenvalue weighted by molar-refractivity contribution is 0.102. The van der Waals surface area contributed by atoms with Crippen molar-refractivity contribution in [2.24, 2.45) is 0 Å². The molecule has 3 N–H and O–H groups in total. The van der Waals surface area contributed by atoms with Crippen molar-refractivity contribution in [2.45, 2.75) is 6.92 Å². The maximum atomic E-state index is 12.3. The Morgan fingerprint density at radius 1 is 0.957 bits per heavy atom. The molecule has 2 aromatic rings. The molecule has 0 fully saturated rings. The smallest absolute Gasteiger partial charge is 0.318 e. The molecular weight excluding hydrogens is 294 g/mol. The standard InChI is InChI=1S/C17H19N3O3/c1-11-4-5-12(10-15(11)23-3)16(21)19-13-6-8-14(9-7-13)20-17(22)18-2/h4-10H,1-3H3,(H,19,21)(H2,18,20,22). The molecule has 0 heterocycles. The number of rotatable bonds is 4. The fourth-order valence-corrected chi connectivity index (χ4v) is 1.99. The van der Waals surface area contributed by atoms with Crippen molar-refractivity contribution in [3.63, 3.8) is 0 Å². The molecule has 0 bridgehead atoms. The molecule has 23 heavy (non-hydrogen) atoms. The lowest BCUT2D eigenvalue weighted by Crippen LogP contribution is -2.24. The second kappa shape index (κ2) is 7.31. The van der Waals surface area contributed by atoms with Crippen molar-refractivity contribution in [2.75, 3.05) is 24.8 Å². The van der Waals surface area contributed by atoms with Crippen LogP contribution in [0.2, 0.25) is 0 Å². The van der Waals surface area contributed by atoms with Gasteiger partial charge >= 0.3 is 6.03 Å². The van der Waals surface area contributed by atoms with Crippen molar-refractivity contribution in [3.8, 4) is 5.75 Å². The predicted molar refractivity (Wildman–Crippen MR) is 90.2 cm³/mol. The highest BCUT2D eigenvalue weighted by atomic mass is 16.5. The number of anilines is 2. The molecule has 0 unspecified atom stereocenters. The minimum atomic E-state index is -0.298. The molecule has 0 spiro atoms. The first-order valence-corrected chi connectivity index (χ1v) is 7.08. The summed E-state index contributed by atoms with van der Waals surface area (Å²) in [5, 5.41) is 7.91. The van der Waals surface area contributed by atoms with Crippen LogP contribution < -0.4 is 20.7 Å². The van der Waals surface area contributed by atoms with E-state index in [0.29, 0.717) is 22.7 Å². The van der Waals surface area contributed by atoms with E-state index in [2.05, 4.69) is 16.0 Å². The third-order valence-corrected chi connectivity index (χ3v) is 3.30. The highest BCUT2D eigenvalue weighted by Gasteiger charge is 2.09. The molecule has 0 aliphatic rings. The number of urea groups is 1. The Kier molecular flexibility index (Phi) is 5.19. The molecule has 6 nitrogen and oxygen atoms in total. The van der Waals surface area contributed by atoms with Gasteiger partial charge in [0, 0.05) is 24.0 Å². The summed E-state index contributed by atoms with van der Waals surface area (Å²) in [6.07, 6.45) is 0. The predicted octanol–water partition coefficient (Wildman–Crippen LogP) is 3.01. The first-order valence-electron chi connectivity index (χ1n) is 7.08. The van der Waals surface area contributed by atoms with Crippen LogP contribution in [0.5, 0.6) is 5.75 Å². The first-order chi connectivity index (χ1) is 11.0. The average molecular weight is 313 g/mol. The van der Waals surface area contributed by atoms with Gasteiger partial charge in [0.05, 0.1) is 7.11 Å². The lowest BCUT2D eigenvalue weighted by Gasteiger charge is -2.09. The molecule has 0 aliphatic carbocycles. The van der Waals surface area contributed by atoms with Crippen molar-refractivity contribution in [1.82, 2.24) is 5.32 Å². The van der Waals surface area contributed by atoms with E-state index in [9.17, 15) is 9.59 Å². The quantitative estimate of drug-likeness (QED) is 0.812. The molecule has 0 saturated carbocycles. The zero-order chi connectivity index (χ0) is 16.8. The number of benzene rings is 2. The van der Waals surface area contributed by atoms with E-state index < -0.39 is 0 Å². The zero-order valence-electron chi connectivity index (χ0n) is 13.3. The molecule has 0 radical (unpaired) electrons. The highest BCUT2D eigenvalue weighted by molar-refractivity contribution is 6.04. The molecule has 0 aromatic heterocycles. The SMILES string of the molecule is CNC(=O)Nc1ccc(NC(=O)c2ccc(C)c(OC)c2)cc1. The molecule has 0 atom stereocenters. The number of hydrogen-bond acceptors (Lipinski definition) is 3. The Labute approximate surface area is 134 Å². The van der Waals surface area contributed by atoms with E-state index in [1.165, 1.54) is 0 Å². The third kappa shape index (κ3) is 4.23. The van der Waals surface area contributed by atoms with Crippen LogP contribution in [-0.2, 0) is 0 Å². The number of carbonyl (C=O) groups excluding carboxylic acids is 2. The van der Waals surface area contributed by atoms with Gasteiger partial charge in [0.15, 0.2) is 0 Å². The Balaban J connectivity index is 2.06. The van der Waals surface area contributed by atoms with Crippen LogP contribution in [0.3, 0.4) is 0 Å². The normalized spacial score (nSPS) is 9.87. The molecule has 2 rings (SSSR count). The number of carbonyl (C=O) groups is 2. The van der Waals surface area contributed by atoms with Crippen molar-refractivity contribution in [3.05, 3.63) is 53.6 Å². The van der Waals surface area contributed by atoms with Gasteiger partial charge in [-0.3, -0.25) is 4.79 Å². The van der Waals surface area contributed by atoms with Crippen LogP contribution in [0.1, 0.15) is 15.9 Å². The Hall–Kier alpha value is -3.02. The highest BCUT2D eigenvalue weighted by Crippen LogP contribution is 2.20. The van der Waals surface area contributed by atoms with E-state index in [1.807, 2.05) is 13.0 Å². The molecule has 0 saturated heterocycles. The maximum absolute atomic E-state index is 12.3. The van der Waals surface area contributed by atoms with Crippen LogP contribution in [0.25, 0.3) is 0 Å². The number of aryl methyl sites for hydroxylation is 1. The second-order valence-electron chi connectivity index (χ2n) is 4.92. The molecule has 0 aliphatic heterocycles. The lowest BCUT2D eigenvalue weighted by atomic mass is 10.1. The number of ether oxygens (including phenoxy) is 1. The van der Waals surface area contributed by atoms with E-state index >= 15 is 0 Å². The first kappa shape index (κ1) is 16.4. The molecule has 2 aromatic carbocycles. The van der Waals surface area contributed by atoms with Gasteiger partial charge in [-0.25, -0.2) is 4.79 Å². The molecule has 120 valence electrons. The summed E-state index contributed by atoms with van der Waals surface area (Å²) in [4.78, 5) is 23.5. The minimum absolute atomic E-state index is 0.227. The monoisotopic (exact) mass is 313 g/mol. The number of methoxy groups -OCH3 is 1. The summed E-state index contributed by atoms with van der Waals surface area (Å²) in [6.45, 7) is 1.92. The van der Waals surface area contributed by atoms with Crippen LogP contribution in [0.4, 0.5) is 16.2 Å². The molecular formula is C17H19N3O3. The van der Waals surface area contributed by atoms with Gasteiger partial charge in [-0.15, -0.1) is 0 Å². The zero-order valence-corrected chi connectivity index (χ0v) is 13.3. The van der Waals surface area contributed by atoms with E-state index in [0.717, 1.165) is 5.56 Å². The molecule has 6 heteroatoms. The fourth-order valence-electron chi connectivity index (χ4n) is 1.99. The van der Waals surface area contributed by atoms with E-state index in [1.54, 1.807) is 50.6 Å². The van der Waals surface area contributed by atoms with Gasteiger partial charge < -0.3 is 20.7 Å². The summed E-state index contributed by atoms with van der Waals surface area (Å²) < 4.78 is 5.22. The molecule has 3 amide bonds. The van der Waals surface area contributed by atoms with Crippen LogP contribution in [-0.4, -0.2) is 26.1 Å². The van der Waals surface area contributed by atoms with Gasteiger partial charge in [-0.1, -0.05) is 6.07 Å². The summed E-state index contributed by atoms with van der Waals surface area (Å²) in [6, 6.07) is 11.8. The second-order valence-corrected chi connectivity index (χ2v) is 4.92. The van der Waals surface area contributed by atoms with Gasteiger partial charge in [0.1, 0.15) is 5.75 Å². The Morgan fingerprint density at radius 2 is 1.57 bits per heavy atom.